The number of nitrogens with zero attached hydrogens (tertiary/aromatic N) is 1. The van der Waals surface area contributed by atoms with E-state index in [-0.39, 0.29) is 5.91 Å². The molecule has 1 aromatic carbocycles. The number of hydrogen-bond donors (Lipinski definition) is 1. The highest BCUT2D eigenvalue weighted by Gasteiger charge is 2.38. The van der Waals surface area contributed by atoms with Crippen molar-refractivity contribution in [2.75, 3.05) is 0 Å². The van der Waals surface area contributed by atoms with E-state index in [4.69, 9.17) is 0 Å². The van der Waals surface area contributed by atoms with Crippen molar-refractivity contribution in [1.82, 2.24) is 10.2 Å². The Morgan fingerprint density at radius 3 is 2.50 bits per heavy atom. The predicted octanol–water partition coefficient (Wildman–Crippen LogP) is 4.06. The van der Waals surface area contributed by atoms with Crippen molar-refractivity contribution in [3.05, 3.63) is 58.3 Å². The molecule has 4 rings (SSSR count). The van der Waals surface area contributed by atoms with E-state index in [1.165, 1.54) is 24.1 Å². The van der Waals surface area contributed by atoms with Gasteiger partial charge in [0, 0.05) is 35.1 Å². The van der Waals surface area contributed by atoms with Gasteiger partial charge in [-0.25, -0.2) is 0 Å². The fourth-order valence-electron chi connectivity index (χ4n) is 4.30. The molecule has 1 amide bonds. The quantitative estimate of drug-likeness (QED) is 0.910. The van der Waals surface area contributed by atoms with Crippen LogP contribution in [0.1, 0.15) is 47.3 Å². The number of carbonyl (C=O) groups is 1. The van der Waals surface area contributed by atoms with E-state index in [1.807, 2.05) is 41.7 Å². The molecule has 0 radical (unpaired) electrons. The van der Waals surface area contributed by atoms with Crippen LogP contribution in [0.5, 0.6) is 0 Å². The SMILES string of the molecule is O=C(NC1CC2CCCC(C1)N2Cc1cccs1)c1ccccc1. The van der Waals surface area contributed by atoms with Crippen LogP contribution in [0, 0.1) is 0 Å². The molecule has 2 fully saturated rings. The summed E-state index contributed by atoms with van der Waals surface area (Å²) in [5, 5.41) is 5.44. The Labute approximate surface area is 147 Å². The summed E-state index contributed by atoms with van der Waals surface area (Å²) in [6.45, 7) is 1.08. The van der Waals surface area contributed by atoms with Gasteiger partial charge >= 0.3 is 0 Å². The minimum absolute atomic E-state index is 0.0744. The summed E-state index contributed by atoms with van der Waals surface area (Å²) < 4.78 is 0. The second-order valence-corrected chi connectivity index (χ2v) is 8.03. The van der Waals surface area contributed by atoms with Crippen molar-refractivity contribution >= 4 is 17.2 Å². The second-order valence-electron chi connectivity index (χ2n) is 7.00. The van der Waals surface area contributed by atoms with Crippen molar-refractivity contribution in [3.8, 4) is 0 Å². The molecule has 2 saturated heterocycles. The molecule has 0 saturated carbocycles. The molecule has 2 aliphatic rings. The number of hydrogen-bond acceptors (Lipinski definition) is 3. The number of rotatable bonds is 4. The van der Waals surface area contributed by atoms with E-state index in [2.05, 4.69) is 27.7 Å². The summed E-state index contributed by atoms with van der Waals surface area (Å²) in [5.74, 6) is 0.0744. The van der Waals surface area contributed by atoms with E-state index in [1.54, 1.807) is 0 Å². The molecule has 0 aliphatic carbocycles. The van der Waals surface area contributed by atoms with Crippen LogP contribution in [0.4, 0.5) is 0 Å². The van der Waals surface area contributed by atoms with Gasteiger partial charge in [-0.3, -0.25) is 9.69 Å². The van der Waals surface area contributed by atoms with Crippen molar-refractivity contribution in [2.45, 2.75) is 56.8 Å². The molecule has 2 unspecified atom stereocenters. The predicted molar refractivity (Wildman–Crippen MR) is 98.2 cm³/mol. The van der Waals surface area contributed by atoms with Crippen LogP contribution in [0.2, 0.25) is 0 Å². The van der Waals surface area contributed by atoms with E-state index >= 15 is 0 Å². The normalized spacial score (nSPS) is 26.9. The fraction of sp³-hybridized carbons (Fsp3) is 0.450. The minimum atomic E-state index is 0.0744. The maximum atomic E-state index is 12.4. The number of amides is 1. The summed E-state index contributed by atoms with van der Waals surface area (Å²) in [7, 11) is 0. The van der Waals surface area contributed by atoms with Gasteiger partial charge in [-0.2, -0.15) is 0 Å². The maximum absolute atomic E-state index is 12.4. The lowest BCUT2D eigenvalue weighted by atomic mass is 9.81. The zero-order chi connectivity index (χ0) is 16.4. The highest BCUT2D eigenvalue weighted by Crippen LogP contribution is 2.35. The van der Waals surface area contributed by atoms with Crippen LogP contribution < -0.4 is 5.32 Å². The summed E-state index contributed by atoms with van der Waals surface area (Å²) >= 11 is 1.85. The molecular weight excluding hydrogens is 316 g/mol. The number of carbonyl (C=O) groups excluding carboxylic acids is 1. The molecule has 0 spiro atoms. The monoisotopic (exact) mass is 340 g/mol. The lowest BCUT2D eigenvalue weighted by Crippen LogP contribution is -2.56. The third-order valence-corrected chi connectivity index (χ3v) is 6.28. The Bertz CT molecular complexity index is 656. The maximum Gasteiger partial charge on any atom is 0.251 e. The van der Waals surface area contributed by atoms with Crippen LogP contribution in [-0.2, 0) is 6.54 Å². The molecule has 1 aromatic heterocycles. The van der Waals surface area contributed by atoms with E-state index < -0.39 is 0 Å². The van der Waals surface area contributed by atoms with Crippen LogP contribution in [0.25, 0.3) is 0 Å². The van der Waals surface area contributed by atoms with E-state index in [0.717, 1.165) is 24.9 Å². The zero-order valence-electron chi connectivity index (χ0n) is 13.9. The van der Waals surface area contributed by atoms with Crippen molar-refractivity contribution < 1.29 is 4.79 Å². The van der Waals surface area contributed by atoms with Crippen LogP contribution in [-0.4, -0.2) is 28.9 Å². The van der Waals surface area contributed by atoms with Gasteiger partial charge in [-0.05, 0) is 49.3 Å². The van der Waals surface area contributed by atoms with Gasteiger partial charge in [0.2, 0.25) is 0 Å². The lowest BCUT2D eigenvalue weighted by Gasteiger charge is -2.49. The standard InChI is InChI=1S/C20H24N2OS/c23-20(15-6-2-1-3-7-15)21-16-12-17-8-4-9-18(13-16)22(17)14-19-10-5-11-24-19/h1-3,5-7,10-11,16-18H,4,8-9,12-14H2,(H,21,23). The van der Waals surface area contributed by atoms with Crippen LogP contribution in [0.3, 0.4) is 0 Å². The Morgan fingerprint density at radius 1 is 1.08 bits per heavy atom. The van der Waals surface area contributed by atoms with Gasteiger partial charge in [0.25, 0.3) is 5.91 Å². The first-order valence-electron chi connectivity index (χ1n) is 8.93. The van der Waals surface area contributed by atoms with Crippen LogP contribution >= 0.6 is 11.3 Å². The third-order valence-electron chi connectivity index (χ3n) is 5.42. The largest absolute Gasteiger partial charge is 0.349 e. The van der Waals surface area contributed by atoms with Gasteiger partial charge in [0.05, 0.1) is 0 Å². The minimum Gasteiger partial charge on any atom is -0.349 e. The number of fused-ring (bicyclic) bond motifs is 2. The molecule has 2 aliphatic heterocycles. The summed E-state index contributed by atoms with van der Waals surface area (Å²) in [4.78, 5) is 16.6. The second kappa shape index (κ2) is 7.08. The summed E-state index contributed by atoms with van der Waals surface area (Å²) in [6, 6.07) is 15.5. The smallest absolute Gasteiger partial charge is 0.251 e. The van der Waals surface area contributed by atoms with Crippen molar-refractivity contribution in [3.63, 3.8) is 0 Å². The molecule has 1 N–H and O–H groups in total. The molecular formula is C20H24N2OS. The van der Waals surface area contributed by atoms with E-state index in [9.17, 15) is 4.79 Å². The Balaban J connectivity index is 1.41. The molecule has 2 bridgehead atoms. The molecule has 2 aromatic rings. The van der Waals surface area contributed by atoms with Gasteiger partial charge in [0.15, 0.2) is 0 Å². The van der Waals surface area contributed by atoms with Crippen molar-refractivity contribution in [2.24, 2.45) is 0 Å². The Hall–Kier alpha value is -1.65. The highest BCUT2D eigenvalue weighted by molar-refractivity contribution is 7.09. The van der Waals surface area contributed by atoms with Gasteiger partial charge < -0.3 is 5.32 Å². The van der Waals surface area contributed by atoms with Crippen LogP contribution in [0.15, 0.2) is 47.8 Å². The average Bonchev–Trinajstić information content (AvgIpc) is 3.09. The zero-order valence-corrected chi connectivity index (χ0v) is 14.7. The van der Waals surface area contributed by atoms with Crippen molar-refractivity contribution in [1.29, 1.82) is 0 Å². The van der Waals surface area contributed by atoms with Gasteiger partial charge in [-0.15, -0.1) is 11.3 Å². The number of nitrogens with one attached hydrogen (secondary N) is 1. The number of benzene rings is 1. The number of thiophene rings is 1. The molecule has 4 heteroatoms. The first-order chi connectivity index (χ1) is 11.8. The fourth-order valence-corrected chi connectivity index (χ4v) is 5.01. The topological polar surface area (TPSA) is 32.3 Å². The van der Waals surface area contributed by atoms with Gasteiger partial charge in [-0.1, -0.05) is 30.7 Å². The highest BCUT2D eigenvalue weighted by atomic mass is 32.1. The van der Waals surface area contributed by atoms with Gasteiger partial charge in [0.1, 0.15) is 0 Å². The number of piperidine rings is 2. The first-order valence-corrected chi connectivity index (χ1v) is 9.81. The average molecular weight is 340 g/mol. The molecule has 126 valence electrons. The Morgan fingerprint density at radius 2 is 1.83 bits per heavy atom. The first kappa shape index (κ1) is 15.9. The van der Waals surface area contributed by atoms with E-state index in [0.29, 0.717) is 18.1 Å². The summed E-state index contributed by atoms with van der Waals surface area (Å²) in [5.41, 5.74) is 0.767. The molecule has 3 heterocycles. The molecule has 3 nitrogen and oxygen atoms in total. The third kappa shape index (κ3) is 3.40. The lowest BCUT2D eigenvalue weighted by molar-refractivity contribution is 0.0184. The Kier molecular flexibility index (Phi) is 4.67. The summed E-state index contributed by atoms with van der Waals surface area (Å²) in [6.07, 6.45) is 6.02. The molecule has 2 atom stereocenters. The molecule has 24 heavy (non-hydrogen) atoms.